The van der Waals surface area contributed by atoms with Crippen LogP contribution in [0.4, 0.5) is 5.69 Å². The first-order valence-corrected chi connectivity index (χ1v) is 6.45. The van der Waals surface area contributed by atoms with E-state index in [1.54, 1.807) is 12.4 Å². The van der Waals surface area contributed by atoms with Gasteiger partial charge in [0.2, 0.25) is 0 Å². The molecule has 0 aliphatic carbocycles. The van der Waals surface area contributed by atoms with Crippen molar-refractivity contribution in [2.75, 3.05) is 12.3 Å². The molecule has 18 heavy (non-hydrogen) atoms. The molecule has 94 valence electrons. The fraction of sp³-hybridized carbons (Fsp3) is 0.250. The van der Waals surface area contributed by atoms with Crippen molar-refractivity contribution in [1.82, 2.24) is 14.7 Å². The topological polar surface area (TPSA) is 80.9 Å². The molecule has 5 nitrogen and oxygen atoms in total. The molecule has 2 aromatic rings. The van der Waals surface area contributed by atoms with Gasteiger partial charge in [0.05, 0.1) is 5.69 Å². The van der Waals surface area contributed by atoms with Crippen molar-refractivity contribution in [3.8, 4) is 11.3 Å². The predicted molar refractivity (Wildman–Crippen MR) is 72.4 cm³/mol. The summed E-state index contributed by atoms with van der Waals surface area (Å²) >= 11 is 1.12. The number of nitrogens with zero attached hydrogens (tertiary/aromatic N) is 2. The summed E-state index contributed by atoms with van der Waals surface area (Å²) in [6.07, 6.45) is 4.23. The predicted octanol–water partition coefficient (Wildman–Crippen LogP) is 1.93. The molecule has 0 saturated carbocycles. The fourth-order valence-electron chi connectivity index (χ4n) is 1.50. The highest BCUT2D eigenvalue weighted by Crippen LogP contribution is 2.30. The summed E-state index contributed by atoms with van der Waals surface area (Å²) in [7, 11) is 0. The molecule has 0 unspecified atom stereocenters. The van der Waals surface area contributed by atoms with Gasteiger partial charge in [-0.1, -0.05) is 6.92 Å². The molecule has 1 amide bonds. The number of carbonyl (C=O) groups is 1. The third kappa shape index (κ3) is 2.48. The van der Waals surface area contributed by atoms with Gasteiger partial charge in [0.1, 0.15) is 10.6 Å². The Hall–Kier alpha value is -1.95. The van der Waals surface area contributed by atoms with Crippen molar-refractivity contribution in [3.63, 3.8) is 0 Å². The highest BCUT2D eigenvalue weighted by molar-refractivity contribution is 7.09. The molecule has 0 saturated heterocycles. The van der Waals surface area contributed by atoms with Gasteiger partial charge in [-0.15, -0.1) is 0 Å². The van der Waals surface area contributed by atoms with E-state index in [-0.39, 0.29) is 5.91 Å². The van der Waals surface area contributed by atoms with E-state index < -0.39 is 0 Å². The molecular weight excluding hydrogens is 248 g/mol. The summed E-state index contributed by atoms with van der Waals surface area (Å²) in [4.78, 5) is 16.2. The quantitative estimate of drug-likeness (QED) is 0.882. The van der Waals surface area contributed by atoms with Gasteiger partial charge in [0.15, 0.2) is 0 Å². The molecule has 3 N–H and O–H groups in total. The van der Waals surface area contributed by atoms with Crippen LogP contribution in [0.1, 0.15) is 23.0 Å². The summed E-state index contributed by atoms with van der Waals surface area (Å²) in [6.45, 7) is 2.64. The van der Waals surface area contributed by atoms with E-state index in [0.29, 0.717) is 22.8 Å². The summed E-state index contributed by atoms with van der Waals surface area (Å²) in [5.41, 5.74) is 7.92. The number of rotatable bonds is 4. The number of amides is 1. The van der Waals surface area contributed by atoms with Gasteiger partial charge in [-0.3, -0.25) is 9.78 Å². The van der Waals surface area contributed by atoms with E-state index in [2.05, 4.69) is 14.7 Å². The van der Waals surface area contributed by atoms with E-state index in [4.69, 9.17) is 5.73 Å². The van der Waals surface area contributed by atoms with Gasteiger partial charge >= 0.3 is 0 Å². The first-order valence-electron chi connectivity index (χ1n) is 5.67. The molecular formula is C12H14N4OS. The zero-order chi connectivity index (χ0) is 13.0. The minimum Gasteiger partial charge on any atom is -0.396 e. The number of hydrogen-bond acceptors (Lipinski definition) is 5. The molecule has 6 heteroatoms. The number of carbonyl (C=O) groups excluding carboxylic acids is 1. The molecule has 2 heterocycles. The highest BCUT2D eigenvalue weighted by atomic mass is 32.1. The zero-order valence-electron chi connectivity index (χ0n) is 10.0. The van der Waals surface area contributed by atoms with Crippen molar-refractivity contribution in [2.45, 2.75) is 13.3 Å². The number of pyridine rings is 1. The van der Waals surface area contributed by atoms with Crippen LogP contribution < -0.4 is 11.1 Å². The van der Waals surface area contributed by atoms with E-state index >= 15 is 0 Å². The molecule has 0 fully saturated rings. The maximum Gasteiger partial charge on any atom is 0.265 e. The molecule has 0 aromatic carbocycles. The zero-order valence-corrected chi connectivity index (χ0v) is 10.8. The molecule has 2 rings (SSSR count). The molecule has 0 spiro atoms. The Balaban J connectivity index is 2.27. The number of hydrogen-bond donors (Lipinski definition) is 2. The molecule has 0 aliphatic heterocycles. The normalized spacial score (nSPS) is 10.3. The first kappa shape index (κ1) is 12.5. The Morgan fingerprint density at radius 3 is 2.83 bits per heavy atom. The standard InChI is InChI=1S/C12H14N4OS/c1-2-5-15-12(17)11-9(13)10(16-18-11)8-3-6-14-7-4-8/h3-4,6-7H,2,5,13H2,1H3,(H,15,17). The van der Waals surface area contributed by atoms with Crippen LogP contribution in [0.3, 0.4) is 0 Å². The summed E-state index contributed by atoms with van der Waals surface area (Å²) in [5, 5.41) is 2.79. The second-order valence-electron chi connectivity index (χ2n) is 3.77. The van der Waals surface area contributed by atoms with Crippen LogP contribution in [0.25, 0.3) is 11.3 Å². The maximum absolute atomic E-state index is 11.8. The van der Waals surface area contributed by atoms with Gasteiger partial charge in [0.25, 0.3) is 5.91 Å². The van der Waals surface area contributed by atoms with Crippen molar-refractivity contribution in [2.24, 2.45) is 0 Å². The third-order valence-electron chi connectivity index (χ3n) is 2.42. The van der Waals surface area contributed by atoms with Crippen LogP contribution >= 0.6 is 11.5 Å². The van der Waals surface area contributed by atoms with Crippen LogP contribution in [0, 0.1) is 0 Å². The second kappa shape index (κ2) is 5.59. The van der Waals surface area contributed by atoms with Gasteiger partial charge in [-0.2, -0.15) is 4.37 Å². The average Bonchev–Trinajstić information content (AvgIpc) is 2.79. The van der Waals surface area contributed by atoms with Crippen LogP contribution in [0.5, 0.6) is 0 Å². The smallest absolute Gasteiger partial charge is 0.265 e. The Bertz CT molecular complexity index is 538. The van der Waals surface area contributed by atoms with E-state index in [9.17, 15) is 4.79 Å². The lowest BCUT2D eigenvalue weighted by atomic mass is 10.1. The fourth-order valence-corrected chi connectivity index (χ4v) is 2.23. The minimum atomic E-state index is -0.160. The van der Waals surface area contributed by atoms with Crippen LogP contribution in [-0.2, 0) is 0 Å². The lowest BCUT2D eigenvalue weighted by Crippen LogP contribution is -2.23. The lowest BCUT2D eigenvalue weighted by molar-refractivity contribution is 0.0958. The Labute approximate surface area is 109 Å². The van der Waals surface area contributed by atoms with Crippen LogP contribution in [0.2, 0.25) is 0 Å². The number of nitrogens with two attached hydrogens (primary N) is 1. The monoisotopic (exact) mass is 262 g/mol. The summed E-state index contributed by atoms with van der Waals surface area (Å²) in [6, 6.07) is 3.64. The maximum atomic E-state index is 11.8. The van der Waals surface area contributed by atoms with Crippen molar-refractivity contribution in [3.05, 3.63) is 29.4 Å². The van der Waals surface area contributed by atoms with Gasteiger partial charge in [-0.25, -0.2) is 0 Å². The van der Waals surface area contributed by atoms with E-state index in [1.165, 1.54) is 0 Å². The summed E-state index contributed by atoms with van der Waals surface area (Å²) in [5.74, 6) is -0.160. The number of aromatic nitrogens is 2. The van der Waals surface area contributed by atoms with E-state index in [1.807, 2.05) is 19.1 Å². The van der Waals surface area contributed by atoms with Crippen molar-refractivity contribution >= 4 is 23.1 Å². The largest absolute Gasteiger partial charge is 0.396 e. The Kier molecular flexibility index (Phi) is 3.88. The average molecular weight is 262 g/mol. The van der Waals surface area contributed by atoms with Gasteiger partial charge < -0.3 is 11.1 Å². The van der Waals surface area contributed by atoms with Crippen LogP contribution in [0.15, 0.2) is 24.5 Å². The Morgan fingerprint density at radius 1 is 1.44 bits per heavy atom. The molecule has 0 atom stereocenters. The number of nitrogens with one attached hydrogen (secondary N) is 1. The second-order valence-corrected chi connectivity index (χ2v) is 4.54. The number of anilines is 1. The van der Waals surface area contributed by atoms with Crippen molar-refractivity contribution < 1.29 is 4.79 Å². The highest BCUT2D eigenvalue weighted by Gasteiger charge is 2.17. The minimum absolute atomic E-state index is 0.160. The third-order valence-corrected chi connectivity index (χ3v) is 3.29. The molecule has 0 radical (unpaired) electrons. The molecule has 0 bridgehead atoms. The molecule has 0 aliphatic rings. The SMILES string of the molecule is CCCNC(=O)c1snc(-c2ccncc2)c1N. The van der Waals surface area contributed by atoms with E-state index in [0.717, 1.165) is 23.5 Å². The van der Waals surface area contributed by atoms with Gasteiger partial charge in [-0.05, 0) is 30.1 Å². The van der Waals surface area contributed by atoms with Gasteiger partial charge in [0, 0.05) is 24.5 Å². The molecule has 2 aromatic heterocycles. The van der Waals surface area contributed by atoms with Crippen LogP contribution in [-0.4, -0.2) is 21.8 Å². The number of nitrogen functional groups attached to an aromatic ring is 1. The lowest BCUT2D eigenvalue weighted by Gasteiger charge is -2.02. The first-order chi connectivity index (χ1) is 8.74. The Morgan fingerprint density at radius 2 is 2.17 bits per heavy atom. The van der Waals surface area contributed by atoms with Crippen molar-refractivity contribution in [1.29, 1.82) is 0 Å². The summed E-state index contributed by atoms with van der Waals surface area (Å²) < 4.78 is 4.24.